The molecule has 0 aliphatic carbocycles. The van der Waals surface area contributed by atoms with Gasteiger partial charge in [0.1, 0.15) is 0 Å². The van der Waals surface area contributed by atoms with E-state index in [0.29, 0.717) is 11.6 Å². The van der Waals surface area contributed by atoms with Crippen molar-refractivity contribution in [3.05, 3.63) is 28.7 Å². The normalized spacial score (nSPS) is 19.5. The Hall–Kier alpha value is -1.75. The summed E-state index contributed by atoms with van der Waals surface area (Å²) in [6.45, 7) is 2.03. The highest BCUT2D eigenvalue weighted by molar-refractivity contribution is 5.77. The Labute approximate surface area is 105 Å². The molecule has 2 aromatic rings. The van der Waals surface area contributed by atoms with E-state index in [9.17, 15) is 4.79 Å². The standard InChI is InChI=1S/C13H17N3O2/c1-16-11-7-9(4-5-12(11)18-13(16)17)15-8-10-3-2-6-14-10/h4-5,7,10,14-15H,2-3,6,8H2,1H3. The van der Waals surface area contributed by atoms with Gasteiger partial charge in [-0.1, -0.05) is 0 Å². The van der Waals surface area contributed by atoms with E-state index >= 15 is 0 Å². The third-order valence-corrected chi connectivity index (χ3v) is 3.51. The summed E-state index contributed by atoms with van der Waals surface area (Å²) in [5, 5.41) is 6.84. The van der Waals surface area contributed by atoms with E-state index in [0.717, 1.165) is 24.3 Å². The van der Waals surface area contributed by atoms with E-state index in [1.54, 1.807) is 7.05 Å². The highest BCUT2D eigenvalue weighted by Gasteiger charge is 2.13. The number of benzene rings is 1. The summed E-state index contributed by atoms with van der Waals surface area (Å²) in [5.41, 5.74) is 2.48. The largest absolute Gasteiger partial charge is 0.419 e. The lowest BCUT2D eigenvalue weighted by Gasteiger charge is -2.12. The Bertz CT molecular complexity index is 608. The fourth-order valence-electron chi connectivity index (χ4n) is 2.41. The quantitative estimate of drug-likeness (QED) is 0.858. The molecule has 0 radical (unpaired) electrons. The Kier molecular flexibility index (Phi) is 2.83. The van der Waals surface area contributed by atoms with Gasteiger partial charge in [0, 0.05) is 25.3 Å². The van der Waals surface area contributed by atoms with Crippen LogP contribution in [-0.2, 0) is 7.05 Å². The smallest absolute Gasteiger partial charge is 0.408 e. The minimum atomic E-state index is -0.320. The molecule has 1 aromatic heterocycles. The van der Waals surface area contributed by atoms with Crippen LogP contribution in [0.15, 0.2) is 27.4 Å². The topological polar surface area (TPSA) is 59.2 Å². The number of oxazole rings is 1. The minimum Gasteiger partial charge on any atom is -0.408 e. The predicted octanol–water partition coefficient (Wildman–Crippen LogP) is 1.30. The molecule has 18 heavy (non-hydrogen) atoms. The van der Waals surface area contributed by atoms with Crippen LogP contribution in [-0.4, -0.2) is 23.7 Å². The number of aromatic nitrogens is 1. The SMILES string of the molecule is Cn1c(=O)oc2ccc(NCC3CCCN3)cc21. The van der Waals surface area contributed by atoms with Crippen LogP contribution >= 0.6 is 0 Å². The van der Waals surface area contributed by atoms with Gasteiger partial charge in [-0.2, -0.15) is 0 Å². The van der Waals surface area contributed by atoms with Crippen LogP contribution in [0.5, 0.6) is 0 Å². The molecule has 3 rings (SSSR count). The molecule has 0 bridgehead atoms. The van der Waals surface area contributed by atoms with Crippen LogP contribution < -0.4 is 16.4 Å². The zero-order valence-electron chi connectivity index (χ0n) is 10.4. The number of hydrogen-bond donors (Lipinski definition) is 2. The lowest BCUT2D eigenvalue weighted by atomic mass is 10.2. The van der Waals surface area contributed by atoms with Crippen molar-refractivity contribution < 1.29 is 4.42 Å². The van der Waals surface area contributed by atoms with Crippen LogP contribution in [0.1, 0.15) is 12.8 Å². The molecular weight excluding hydrogens is 230 g/mol. The molecule has 1 aromatic carbocycles. The number of fused-ring (bicyclic) bond motifs is 1. The first-order valence-corrected chi connectivity index (χ1v) is 6.31. The van der Waals surface area contributed by atoms with E-state index in [1.807, 2.05) is 18.2 Å². The van der Waals surface area contributed by atoms with E-state index in [1.165, 1.54) is 17.4 Å². The molecule has 1 aliphatic heterocycles. The summed E-state index contributed by atoms with van der Waals surface area (Å²) in [6, 6.07) is 6.28. The zero-order chi connectivity index (χ0) is 12.5. The number of rotatable bonds is 3. The number of aryl methyl sites for hydroxylation is 1. The number of anilines is 1. The average molecular weight is 247 g/mol. The van der Waals surface area contributed by atoms with Crippen LogP contribution in [0.25, 0.3) is 11.1 Å². The Morgan fingerprint density at radius 2 is 2.44 bits per heavy atom. The molecule has 2 heterocycles. The van der Waals surface area contributed by atoms with Crippen LogP contribution in [0, 0.1) is 0 Å². The first-order valence-electron chi connectivity index (χ1n) is 6.31. The zero-order valence-corrected chi connectivity index (χ0v) is 10.4. The average Bonchev–Trinajstić information content (AvgIpc) is 2.97. The van der Waals surface area contributed by atoms with Crippen molar-refractivity contribution >= 4 is 16.8 Å². The lowest BCUT2D eigenvalue weighted by Crippen LogP contribution is -2.29. The molecule has 1 saturated heterocycles. The molecule has 0 amide bonds. The second-order valence-corrected chi connectivity index (χ2v) is 4.78. The molecule has 0 saturated carbocycles. The molecular formula is C13H17N3O2. The molecule has 5 nitrogen and oxygen atoms in total. The molecule has 96 valence electrons. The summed E-state index contributed by atoms with van der Waals surface area (Å²) in [5.74, 6) is -0.320. The summed E-state index contributed by atoms with van der Waals surface area (Å²) in [4.78, 5) is 11.4. The monoisotopic (exact) mass is 247 g/mol. The predicted molar refractivity (Wildman–Crippen MR) is 71.0 cm³/mol. The van der Waals surface area contributed by atoms with Crippen LogP contribution in [0.4, 0.5) is 5.69 Å². The van der Waals surface area contributed by atoms with E-state index in [-0.39, 0.29) is 5.76 Å². The second-order valence-electron chi connectivity index (χ2n) is 4.78. The number of hydrogen-bond acceptors (Lipinski definition) is 4. The fourth-order valence-corrected chi connectivity index (χ4v) is 2.41. The Morgan fingerprint density at radius 1 is 1.56 bits per heavy atom. The van der Waals surface area contributed by atoms with Crippen LogP contribution in [0.3, 0.4) is 0 Å². The first kappa shape index (κ1) is 11.3. The summed E-state index contributed by atoms with van der Waals surface area (Å²) in [6.07, 6.45) is 2.47. The van der Waals surface area contributed by atoms with Crippen molar-refractivity contribution in [2.24, 2.45) is 7.05 Å². The molecule has 0 spiro atoms. The van der Waals surface area contributed by atoms with Crippen molar-refractivity contribution in [2.45, 2.75) is 18.9 Å². The van der Waals surface area contributed by atoms with Gasteiger partial charge in [0.2, 0.25) is 0 Å². The van der Waals surface area contributed by atoms with Gasteiger partial charge in [0.15, 0.2) is 5.58 Å². The molecule has 1 unspecified atom stereocenters. The first-order chi connectivity index (χ1) is 8.74. The Balaban J connectivity index is 1.79. The van der Waals surface area contributed by atoms with Crippen molar-refractivity contribution in [2.75, 3.05) is 18.4 Å². The van der Waals surface area contributed by atoms with Gasteiger partial charge in [-0.15, -0.1) is 0 Å². The molecule has 2 N–H and O–H groups in total. The maximum absolute atomic E-state index is 11.4. The Morgan fingerprint density at radius 3 is 3.22 bits per heavy atom. The fraction of sp³-hybridized carbons (Fsp3) is 0.462. The number of nitrogens with zero attached hydrogens (tertiary/aromatic N) is 1. The van der Waals surface area contributed by atoms with Gasteiger partial charge < -0.3 is 15.1 Å². The maximum Gasteiger partial charge on any atom is 0.419 e. The van der Waals surface area contributed by atoms with Crippen molar-refractivity contribution in [1.29, 1.82) is 0 Å². The highest BCUT2D eigenvalue weighted by Crippen LogP contribution is 2.18. The lowest BCUT2D eigenvalue weighted by molar-refractivity contribution is 0.528. The maximum atomic E-state index is 11.4. The summed E-state index contributed by atoms with van der Waals surface area (Å²) in [7, 11) is 1.72. The molecule has 5 heteroatoms. The summed E-state index contributed by atoms with van der Waals surface area (Å²) >= 11 is 0. The van der Waals surface area contributed by atoms with E-state index in [4.69, 9.17) is 4.42 Å². The van der Waals surface area contributed by atoms with Crippen molar-refractivity contribution in [1.82, 2.24) is 9.88 Å². The highest BCUT2D eigenvalue weighted by atomic mass is 16.4. The molecule has 1 fully saturated rings. The van der Waals surface area contributed by atoms with Crippen molar-refractivity contribution in [3.63, 3.8) is 0 Å². The van der Waals surface area contributed by atoms with Gasteiger partial charge in [0.05, 0.1) is 5.52 Å². The van der Waals surface area contributed by atoms with Gasteiger partial charge in [-0.25, -0.2) is 4.79 Å². The van der Waals surface area contributed by atoms with Crippen molar-refractivity contribution in [3.8, 4) is 0 Å². The van der Waals surface area contributed by atoms with Gasteiger partial charge in [-0.05, 0) is 37.6 Å². The second kappa shape index (κ2) is 4.49. The molecule has 1 atom stereocenters. The minimum absolute atomic E-state index is 0.320. The number of nitrogens with one attached hydrogen (secondary N) is 2. The van der Waals surface area contributed by atoms with Crippen LogP contribution in [0.2, 0.25) is 0 Å². The summed E-state index contributed by atoms with van der Waals surface area (Å²) < 4.78 is 6.62. The van der Waals surface area contributed by atoms with E-state index < -0.39 is 0 Å². The van der Waals surface area contributed by atoms with E-state index in [2.05, 4.69) is 10.6 Å². The van der Waals surface area contributed by atoms with Gasteiger partial charge >= 0.3 is 5.76 Å². The molecule has 1 aliphatic rings. The third-order valence-electron chi connectivity index (χ3n) is 3.51. The van der Waals surface area contributed by atoms with Gasteiger partial charge in [0.25, 0.3) is 0 Å². The van der Waals surface area contributed by atoms with Gasteiger partial charge in [-0.3, -0.25) is 4.57 Å². The third kappa shape index (κ3) is 2.01.